The summed E-state index contributed by atoms with van der Waals surface area (Å²) in [5.41, 5.74) is 3.05. The van der Waals surface area contributed by atoms with Gasteiger partial charge in [0, 0.05) is 19.9 Å². The molecule has 0 radical (unpaired) electrons. The molecule has 3 rings (SSSR count). The highest BCUT2D eigenvalue weighted by molar-refractivity contribution is 5.78. The Hall–Kier alpha value is -2.95. The molecule has 0 saturated carbocycles. The van der Waals surface area contributed by atoms with E-state index in [1.807, 2.05) is 18.2 Å². The number of fused-ring (bicyclic) bond motifs is 1. The van der Waals surface area contributed by atoms with Gasteiger partial charge in [-0.1, -0.05) is 63.6 Å². The molecule has 0 aliphatic carbocycles. The smallest absolute Gasteiger partial charge is 0.261 e. The normalized spacial score (nSPS) is 12.3. The van der Waals surface area contributed by atoms with Crippen molar-refractivity contribution in [1.82, 2.24) is 14.9 Å². The molecular formula is C26H33N3O2. The van der Waals surface area contributed by atoms with Crippen LogP contribution in [0.3, 0.4) is 0 Å². The number of nitrogens with one attached hydrogen (secondary N) is 1. The number of nitrogens with zero attached hydrogens (tertiary/aromatic N) is 2. The zero-order valence-corrected chi connectivity index (χ0v) is 19.0. The van der Waals surface area contributed by atoms with Gasteiger partial charge >= 0.3 is 0 Å². The molecule has 0 fully saturated rings. The molecule has 0 unspecified atom stereocenters. The number of carbonyl (C=O) groups is 1. The predicted molar refractivity (Wildman–Crippen MR) is 126 cm³/mol. The van der Waals surface area contributed by atoms with Gasteiger partial charge in [-0.2, -0.15) is 0 Å². The lowest BCUT2D eigenvalue weighted by molar-refractivity contribution is -0.122. The standard InChI is InChI=1S/C26H33N3O2/c1-5-6-9-19-12-14-20(15-13-19)25(18(2)3)28-24(30)17-16-23-27-22-11-8-7-10-21(22)26(31)29(23)4/h7-8,10-15,18,25H,5-6,9,16-17H2,1-4H3,(H,28,30)/t25-/m1/s1. The van der Waals surface area contributed by atoms with Gasteiger partial charge in [-0.05, 0) is 42.0 Å². The molecule has 1 heterocycles. The van der Waals surface area contributed by atoms with Gasteiger partial charge in [0.25, 0.3) is 5.56 Å². The van der Waals surface area contributed by atoms with E-state index >= 15 is 0 Å². The van der Waals surface area contributed by atoms with Gasteiger partial charge in [-0.3, -0.25) is 14.2 Å². The maximum absolute atomic E-state index is 12.7. The second kappa shape index (κ2) is 10.4. The second-order valence-corrected chi connectivity index (χ2v) is 8.54. The van der Waals surface area contributed by atoms with Crippen molar-refractivity contribution in [2.45, 2.75) is 58.9 Å². The topological polar surface area (TPSA) is 64.0 Å². The first-order chi connectivity index (χ1) is 14.9. The second-order valence-electron chi connectivity index (χ2n) is 8.54. The molecule has 164 valence electrons. The van der Waals surface area contributed by atoms with Crippen LogP contribution in [-0.2, 0) is 24.7 Å². The quantitative estimate of drug-likeness (QED) is 0.546. The van der Waals surface area contributed by atoms with Crippen molar-refractivity contribution in [2.75, 3.05) is 0 Å². The Morgan fingerprint density at radius 1 is 1.06 bits per heavy atom. The molecule has 5 heteroatoms. The monoisotopic (exact) mass is 419 g/mol. The Morgan fingerprint density at radius 2 is 1.77 bits per heavy atom. The van der Waals surface area contributed by atoms with Crippen molar-refractivity contribution in [3.8, 4) is 0 Å². The fourth-order valence-corrected chi connectivity index (χ4v) is 3.87. The maximum atomic E-state index is 12.7. The molecule has 0 aliphatic rings. The SMILES string of the molecule is CCCCc1ccc([C@H](NC(=O)CCc2nc3ccccc3c(=O)n2C)C(C)C)cc1. The molecule has 1 N–H and O–H groups in total. The van der Waals surface area contributed by atoms with Crippen LogP contribution < -0.4 is 10.9 Å². The number of aromatic nitrogens is 2. The van der Waals surface area contributed by atoms with E-state index < -0.39 is 0 Å². The summed E-state index contributed by atoms with van der Waals surface area (Å²) in [7, 11) is 1.71. The lowest BCUT2D eigenvalue weighted by Crippen LogP contribution is -2.32. The van der Waals surface area contributed by atoms with Crippen LogP contribution in [0.1, 0.15) is 63.0 Å². The van der Waals surface area contributed by atoms with Crippen molar-refractivity contribution in [1.29, 1.82) is 0 Å². The summed E-state index contributed by atoms with van der Waals surface area (Å²) in [5, 5.41) is 3.78. The number of unbranched alkanes of at least 4 members (excludes halogenated alkanes) is 1. The van der Waals surface area contributed by atoms with Crippen molar-refractivity contribution in [3.05, 3.63) is 75.8 Å². The van der Waals surface area contributed by atoms with Gasteiger partial charge < -0.3 is 5.32 Å². The summed E-state index contributed by atoms with van der Waals surface area (Å²) >= 11 is 0. The maximum Gasteiger partial charge on any atom is 0.261 e. The Morgan fingerprint density at radius 3 is 2.45 bits per heavy atom. The molecule has 1 aromatic heterocycles. The minimum Gasteiger partial charge on any atom is -0.349 e. The molecular weight excluding hydrogens is 386 g/mol. The van der Waals surface area contributed by atoms with Crippen LogP contribution in [0.15, 0.2) is 53.3 Å². The van der Waals surface area contributed by atoms with Crippen molar-refractivity contribution in [2.24, 2.45) is 13.0 Å². The highest BCUT2D eigenvalue weighted by atomic mass is 16.1. The third kappa shape index (κ3) is 5.60. The number of hydrogen-bond donors (Lipinski definition) is 1. The number of benzene rings is 2. The fourth-order valence-electron chi connectivity index (χ4n) is 3.87. The van der Waals surface area contributed by atoms with Crippen molar-refractivity contribution in [3.63, 3.8) is 0 Å². The third-order valence-corrected chi connectivity index (χ3v) is 5.79. The summed E-state index contributed by atoms with van der Waals surface area (Å²) in [4.78, 5) is 29.9. The molecule has 0 saturated heterocycles. The minimum absolute atomic E-state index is 0.0313. The summed E-state index contributed by atoms with van der Waals surface area (Å²) in [6.45, 7) is 6.43. The molecule has 0 bridgehead atoms. The summed E-state index contributed by atoms with van der Waals surface area (Å²) in [6, 6.07) is 15.9. The predicted octanol–water partition coefficient (Wildman–Crippen LogP) is 4.72. The molecule has 3 aromatic rings. The van der Waals surface area contributed by atoms with E-state index in [2.05, 4.69) is 55.3 Å². The van der Waals surface area contributed by atoms with Gasteiger partial charge in [0.2, 0.25) is 5.91 Å². The van der Waals surface area contributed by atoms with Crippen LogP contribution in [-0.4, -0.2) is 15.5 Å². The zero-order chi connectivity index (χ0) is 22.4. The molecule has 2 aromatic carbocycles. The number of hydrogen-bond acceptors (Lipinski definition) is 3. The molecule has 31 heavy (non-hydrogen) atoms. The van der Waals surface area contributed by atoms with E-state index in [0.717, 1.165) is 12.0 Å². The zero-order valence-electron chi connectivity index (χ0n) is 19.0. The Balaban J connectivity index is 1.68. The first kappa shape index (κ1) is 22.7. The molecule has 1 atom stereocenters. The highest BCUT2D eigenvalue weighted by Gasteiger charge is 2.19. The van der Waals surface area contributed by atoms with E-state index in [-0.39, 0.29) is 29.8 Å². The first-order valence-corrected chi connectivity index (χ1v) is 11.2. The number of carbonyl (C=O) groups excluding carboxylic acids is 1. The lowest BCUT2D eigenvalue weighted by atomic mass is 9.94. The first-order valence-electron chi connectivity index (χ1n) is 11.2. The number of aryl methyl sites for hydroxylation is 2. The Kier molecular flexibility index (Phi) is 7.61. The highest BCUT2D eigenvalue weighted by Crippen LogP contribution is 2.23. The Bertz CT molecular complexity index is 1080. The third-order valence-electron chi connectivity index (χ3n) is 5.79. The minimum atomic E-state index is -0.0794. The summed E-state index contributed by atoms with van der Waals surface area (Å²) in [5.74, 6) is 0.866. The average Bonchev–Trinajstić information content (AvgIpc) is 2.77. The van der Waals surface area contributed by atoms with Crippen LogP contribution >= 0.6 is 0 Å². The van der Waals surface area contributed by atoms with Gasteiger partial charge in [0.05, 0.1) is 16.9 Å². The van der Waals surface area contributed by atoms with E-state index in [1.54, 1.807) is 17.7 Å². The van der Waals surface area contributed by atoms with E-state index in [4.69, 9.17) is 0 Å². The van der Waals surface area contributed by atoms with Crippen LogP contribution in [0.5, 0.6) is 0 Å². The number of amides is 1. The Labute approximate surface area is 184 Å². The number of para-hydroxylation sites is 1. The number of rotatable bonds is 9. The van der Waals surface area contributed by atoms with Crippen molar-refractivity contribution < 1.29 is 4.79 Å². The lowest BCUT2D eigenvalue weighted by Gasteiger charge is -2.23. The van der Waals surface area contributed by atoms with E-state index in [9.17, 15) is 9.59 Å². The van der Waals surface area contributed by atoms with Gasteiger partial charge in [-0.25, -0.2) is 4.98 Å². The largest absolute Gasteiger partial charge is 0.349 e. The van der Waals surface area contributed by atoms with Crippen molar-refractivity contribution >= 4 is 16.8 Å². The van der Waals surface area contributed by atoms with Gasteiger partial charge in [0.15, 0.2) is 0 Å². The van der Waals surface area contributed by atoms with Gasteiger partial charge in [-0.15, -0.1) is 0 Å². The molecule has 5 nitrogen and oxygen atoms in total. The van der Waals surface area contributed by atoms with E-state index in [0.29, 0.717) is 23.1 Å². The average molecular weight is 420 g/mol. The summed E-state index contributed by atoms with van der Waals surface area (Å²) in [6.07, 6.45) is 4.17. The fraction of sp³-hybridized carbons (Fsp3) is 0.423. The van der Waals surface area contributed by atoms with E-state index in [1.165, 1.54) is 18.4 Å². The summed E-state index contributed by atoms with van der Waals surface area (Å²) < 4.78 is 1.55. The van der Waals surface area contributed by atoms with Crippen LogP contribution in [0.2, 0.25) is 0 Å². The molecule has 0 aliphatic heterocycles. The van der Waals surface area contributed by atoms with Gasteiger partial charge in [0.1, 0.15) is 5.82 Å². The van der Waals surface area contributed by atoms with Crippen LogP contribution in [0.25, 0.3) is 10.9 Å². The molecule has 0 spiro atoms. The van der Waals surface area contributed by atoms with Crippen LogP contribution in [0.4, 0.5) is 0 Å². The van der Waals surface area contributed by atoms with Crippen LogP contribution in [0, 0.1) is 5.92 Å². The molecule has 1 amide bonds.